The van der Waals surface area contributed by atoms with Gasteiger partial charge in [0.25, 0.3) is 0 Å². The smallest absolute Gasteiger partial charge is 0.413 e. The molecule has 2 saturated carbocycles. The van der Waals surface area contributed by atoms with Gasteiger partial charge in [0.2, 0.25) is 0 Å². The lowest BCUT2D eigenvalue weighted by atomic mass is 9.44. The minimum atomic E-state index is -2.47. The molecule has 0 spiro atoms. The molecule has 2 unspecified atom stereocenters. The molecule has 342 valence electrons. The summed E-state index contributed by atoms with van der Waals surface area (Å²) in [5, 5.41) is 53.9. The van der Waals surface area contributed by atoms with Gasteiger partial charge in [-0.1, -0.05) is 62.4 Å². The van der Waals surface area contributed by atoms with E-state index < -0.39 is 125 Å². The monoisotopic (exact) mass is 880 g/mol. The Kier molecular flexibility index (Phi) is 12.9. The van der Waals surface area contributed by atoms with Crippen molar-refractivity contribution in [1.82, 2.24) is 10.6 Å². The van der Waals surface area contributed by atoms with Crippen LogP contribution in [-0.2, 0) is 42.9 Å². The molecule has 2 bridgehead atoms. The number of aliphatic hydroxyl groups excluding tert-OH is 3. The highest BCUT2D eigenvalue weighted by molar-refractivity contribution is 5.93. The summed E-state index contributed by atoms with van der Waals surface area (Å²) in [6.07, 6.45) is -13.2. The Labute approximate surface area is 364 Å². The number of hydrogen-bond donors (Lipinski definition) is 6. The number of carbonyl (C=O) groups is 6. The van der Waals surface area contributed by atoms with E-state index in [4.69, 9.17) is 28.4 Å². The van der Waals surface area contributed by atoms with Crippen LogP contribution in [0.25, 0.3) is 0 Å². The van der Waals surface area contributed by atoms with Crippen LogP contribution >= 0.6 is 0 Å². The Morgan fingerprint density at radius 1 is 0.937 bits per heavy atom. The van der Waals surface area contributed by atoms with Gasteiger partial charge in [0.15, 0.2) is 17.5 Å². The maximum atomic E-state index is 15.0. The van der Waals surface area contributed by atoms with Gasteiger partial charge < -0.3 is 59.5 Å². The standard InChI is InChI=1S/C45H56N2O16/c1-23-27(60-38(54)34(52)32(25-15-11-9-12-16-25)47-40(56)63-41(3,4)5)20-45(57)37(61-30(50)21-46-39(55)59-26-17-13-10-14-18-26)35-43(8,36(53)33(51)31(23)42(45,6)7)28(49)19-29-44(35,22-58-29)62-24(2)48/h9-18,27-29,32-35,37,49,51-52,57H,19-22H2,1-8H3,(H,46,55)(H,47,56)/t27-,28-,29?,32-,33+,34+,35?,37-,43+,44-,45+/m0/s1. The third-order valence-corrected chi connectivity index (χ3v) is 12.9. The Hall–Kier alpha value is -5.40. The van der Waals surface area contributed by atoms with E-state index in [0.29, 0.717) is 5.56 Å². The first kappa shape index (κ1) is 47.1. The van der Waals surface area contributed by atoms with Crippen LogP contribution in [0.1, 0.15) is 79.8 Å². The van der Waals surface area contributed by atoms with Gasteiger partial charge in [0.05, 0.1) is 30.1 Å². The Balaban J connectivity index is 1.43. The number of para-hydroxylation sites is 1. The molecule has 2 aromatic rings. The van der Waals surface area contributed by atoms with Crippen LogP contribution < -0.4 is 15.4 Å². The number of ketones is 1. The van der Waals surface area contributed by atoms with E-state index >= 15 is 0 Å². The number of alkyl carbamates (subject to hydrolysis) is 1. The molecule has 2 aromatic carbocycles. The SMILES string of the molecule is CC(=O)O[C@@]12COC1C[C@H](O)[C@@]1(C)C(=O)[C@H](O)C3=C(C)[C@@H](OC(=O)[C@H](O)[C@@H](NC(=O)OC(C)(C)C)c4ccccc4)C[C@@](O)([C@@H](OC(=O)CNC(=O)Oc4ccccc4)C21)C3(C)C. The van der Waals surface area contributed by atoms with Crippen molar-refractivity contribution in [2.24, 2.45) is 16.7 Å². The number of rotatable bonds is 10. The average molecular weight is 881 g/mol. The lowest BCUT2D eigenvalue weighted by molar-refractivity contribution is -0.347. The summed E-state index contributed by atoms with van der Waals surface area (Å²) < 4.78 is 34.5. The first-order chi connectivity index (χ1) is 29.4. The highest BCUT2D eigenvalue weighted by Crippen LogP contribution is 2.64. The van der Waals surface area contributed by atoms with Crippen molar-refractivity contribution in [3.05, 3.63) is 77.4 Å². The number of carbonyl (C=O) groups excluding carboxylic acids is 6. The zero-order valence-corrected chi connectivity index (χ0v) is 36.4. The van der Waals surface area contributed by atoms with Crippen molar-refractivity contribution >= 4 is 35.9 Å². The fourth-order valence-electron chi connectivity index (χ4n) is 9.76. The molecular weight excluding hydrogens is 824 g/mol. The lowest BCUT2D eigenvalue weighted by Crippen LogP contribution is -2.81. The first-order valence-corrected chi connectivity index (χ1v) is 20.7. The van der Waals surface area contributed by atoms with E-state index in [0.717, 1.165) is 6.92 Å². The van der Waals surface area contributed by atoms with Gasteiger partial charge in [0, 0.05) is 25.2 Å². The highest BCUT2D eigenvalue weighted by Gasteiger charge is 2.78. The third-order valence-electron chi connectivity index (χ3n) is 12.9. The summed E-state index contributed by atoms with van der Waals surface area (Å²) in [6.45, 7) is 10.6. The first-order valence-electron chi connectivity index (χ1n) is 20.7. The summed E-state index contributed by atoms with van der Waals surface area (Å²) in [5.41, 5.74) is -8.80. The molecule has 4 aliphatic rings. The van der Waals surface area contributed by atoms with Crippen LogP contribution in [-0.4, -0.2) is 123 Å². The summed E-state index contributed by atoms with van der Waals surface area (Å²) in [4.78, 5) is 81.7. The molecular formula is C45H56N2O16. The largest absolute Gasteiger partial charge is 0.457 e. The Bertz CT molecular complexity index is 2140. The van der Waals surface area contributed by atoms with Crippen molar-refractivity contribution in [2.45, 2.75) is 128 Å². The molecule has 1 heterocycles. The fourth-order valence-corrected chi connectivity index (χ4v) is 9.76. The second-order valence-electron chi connectivity index (χ2n) is 18.3. The number of aliphatic hydroxyl groups is 4. The number of esters is 3. The molecule has 18 nitrogen and oxygen atoms in total. The van der Waals surface area contributed by atoms with E-state index in [9.17, 15) is 49.2 Å². The Morgan fingerprint density at radius 2 is 1.56 bits per heavy atom. The molecule has 18 heteroatoms. The van der Waals surface area contributed by atoms with Crippen LogP contribution in [0.5, 0.6) is 5.75 Å². The number of nitrogens with one attached hydrogen (secondary N) is 2. The third kappa shape index (κ3) is 8.66. The zero-order valence-electron chi connectivity index (χ0n) is 36.4. The summed E-state index contributed by atoms with van der Waals surface area (Å²) >= 11 is 0. The van der Waals surface area contributed by atoms with Gasteiger partial charge in [-0.25, -0.2) is 14.4 Å². The molecule has 6 rings (SSSR count). The molecule has 3 aliphatic carbocycles. The number of Topliss-reactive ketones (excluding diaryl/α,β-unsaturated/α-hetero) is 1. The lowest BCUT2D eigenvalue weighted by Gasteiger charge is -2.67. The van der Waals surface area contributed by atoms with Crippen LogP contribution in [0.2, 0.25) is 0 Å². The molecule has 0 radical (unpaired) electrons. The van der Waals surface area contributed by atoms with Crippen molar-refractivity contribution in [3.63, 3.8) is 0 Å². The minimum absolute atomic E-state index is 0.102. The van der Waals surface area contributed by atoms with Crippen LogP contribution in [0.4, 0.5) is 9.59 Å². The van der Waals surface area contributed by atoms with Crippen LogP contribution in [0.15, 0.2) is 71.8 Å². The maximum absolute atomic E-state index is 15.0. The van der Waals surface area contributed by atoms with Gasteiger partial charge in [-0.3, -0.25) is 14.4 Å². The van der Waals surface area contributed by atoms with Crippen molar-refractivity contribution in [1.29, 1.82) is 0 Å². The summed E-state index contributed by atoms with van der Waals surface area (Å²) in [5.74, 6) is -5.72. The molecule has 2 amide bonds. The molecule has 0 aromatic heterocycles. The number of amides is 2. The van der Waals surface area contributed by atoms with Gasteiger partial charge in [-0.2, -0.15) is 0 Å². The predicted octanol–water partition coefficient (Wildman–Crippen LogP) is 2.73. The number of fused-ring (bicyclic) bond motifs is 5. The second-order valence-corrected chi connectivity index (χ2v) is 18.3. The van der Waals surface area contributed by atoms with Gasteiger partial charge in [-0.05, 0) is 63.5 Å². The molecule has 1 aliphatic heterocycles. The van der Waals surface area contributed by atoms with E-state index in [1.54, 1.807) is 69.3 Å². The average Bonchev–Trinajstić information content (AvgIpc) is 3.20. The number of hydrogen-bond acceptors (Lipinski definition) is 16. The summed E-state index contributed by atoms with van der Waals surface area (Å²) in [6, 6.07) is 14.6. The molecule has 11 atom stereocenters. The number of benzene rings is 2. The quantitative estimate of drug-likeness (QED) is 0.114. The Morgan fingerprint density at radius 3 is 2.13 bits per heavy atom. The van der Waals surface area contributed by atoms with Gasteiger partial charge >= 0.3 is 30.1 Å². The maximum Gasteiger partial charge on any atom is 0.413 e. The second kappa shape index (κ2) is 17.3. The fraction of sp³-hybridized carbons (Fsp3) is 0.556. The van der Waals surface area contributed by atoms with Gasteiger partial charge in [0.1, 0.15) is 47.9 Å². The molecule has 63 heavy (non-hydrogen) atoms. The number of ether oxygens (including phenoxy) is 6. The van der Waals surface area contributed by atoms with Crippen molar-refractivity contribution in [2.75, 3.05) is 13.2 Å². The van der Waals surface area contributed by atoms with Crippen LogP contribution in [0, 0.1) is 16.7 Å². The van der Waals surface area contributed by atoms with E-state index in [-0.39, 0.29) is 29.9 Å². The highest BCUT2D eigenvalue weighted by atomic mass is 16.6. The van der Waals surface area contributed by atoms with E-state index in [2.05, 4.69) is 10.6 Å². The van der Waals surface area contributed by atoms with Crippen LogP contribution in [0.3, 0.4) is 0 Å². The molecule has 3 fully saturated rings. The van der Waals surface area contributed by atoms with E-state index in [1.807, 2.05) is 0 Å². The zero-order chi connectivity index (χ0) is 46.4. The topological polar surface area (TPSA) is 263 Å². The van der Waals surface area contributed by atoms with Gasteiger partial charge in [-0.15, -0.1) is 0 Å². The minimum Gasteiger partial charge on any atom is -0.457 e. The normalized spacial score (nSPS) is 31.8. The summed E-state index contributed by atoms with van der Waals surface area (Å²) in [7, 11) is 0. The molecule has 6 N–H and O–H groups in total. The predicted molar refractivity (Wildman–Crippen MR) is 218 cm³/mol. The van der Waals surface area contributed by atoms with Crippen molar-refractivity contribution in [3.8, 4) is 5.75 Å². The van der Waals surface area contributed by atoms with E-state index in [1.165, 1.54) is 39.8 Å². The molecule has 1 saturated heterocycles. The van der Waals surface area contributed by atoms with Crippen molar-refractivity contribution < 1.29 is 77.6 Å².